The lowest BCUT2D eigenvalue weighted by atomic mass is 10.0. The molecule has 1 fully saturated rings. The van der Waals surface area contributed by atoms with Gasteiger partial charge in [0.15, 0.2) is 11.5 Å². The average Bonchev–Trinajstić information content (AvgIpc) is 2.92. The van der Waals surface area contributed by atoms with Gasteiger partial charge in [0.1, 0.15) is 23.7 Å². The third-order valence-electron chi connectivity index (χ3n) is 5.91. The normalized spacial score (nSPS) is 14.2. The van der Waals surface area contributed by atoms with Crippen molar-refractivity contribution in [2.75, 3.05) is 18.1 Å². The van der Waals surface area contributed by atoms with Crippen molar-refractivity contribution >= 4 is 29.6 Å². The Morgan fingerprint density at radius 2 is 1.70 bits per heavy atom. The third-order valence-corrected chi connectivity index (χ3v) is 5.91. The molecule has 3 aromatic rings. The highest BCUT2D eigenvalue weighted by Gasteiger charge is 2.37. The lowest BCUT2D eigenvalue weighted by molar-refractivity contribution is -0.122. The van der Waals surface area contributed by atoms with Crippen molar-refractivity contribution in [2.45, 2.75) is 26.9 Å². The van der Waals surface area contributed by atoms with Crippen LogP contribution < -0.4 is 24.4 Å². The number of rotatable bonds is 11. The highest BCUT2D eigenvalue weighted by Crippen LogP contribution is 2.36. The Hall–Kier alpha value is -4.92. The largest absolute Gasteiger partial charge is 0.494 e. The van der Waals surface area contributed by atoms with E-state index in [1.165, 1.54) is 18.2 Å². The Kier molecular flexibility index (Phi) is 8.96. The van der Waals surface area contributed by atoms with E-state index >= 15 is 0 Å². The molecule has 0 atom stereocenters. The molecule has 0 aliphatic carbocycles. The van der Waals surface area contributed by atoms with Crippen LogP contribution in [0.2, 0.25) is 0 Å². The second kappa shape index (κ2) is 12.8. The predicted molar refractivity (Wildman–Crippen MR) is 149 cm³/mol. The number of halogens is 1. The van der Waals surface area contributed by atoms with Gasteiger partial charge in [0, 0.05) is 5.56 Å². The molecule has 1 N–H and O–H groups in total. The highest BCUT2D eigenvalue weighted by atomic mass is 19.1. The summed E-state index contributed by atoms with van der Waals surface area (Å²) in [6.45, 7) is 8.36. The lowest BCUT2D eigenvalue weighted by Gasteiger charge is -2.26. The molecule has 0 spiro atoms. The molecule has 0 bridgehead atoms. The fourth-order valence-corrected chi connectivity index (χ4v) is 4.20. The molecule has 206 valence electrons. The number of urea groups is 1. The number of nitrogens with one attached hydrogen (secondary N) is 1. The molecule has 9 heteroatoms. The van der Waals surface area contributed by atoms with Crippen molar-refractivity contribution in [3.8, 4) is 17.2 Å². The van der Waals surface area contributed by atoms with Crippen molar-refractivity contribution in [1.29, 1.82) is 0 Å². The quantitative estimate of drug-likeness (QED) is 0.192. The fourth-order valence-electron chi connectivity index (χ4n) is 4.20. The first-order chi connectivity index (χ1) is 19.3. The first-order valence-corrected chi connectivity index (χ1v) is 12.8. The van der Waals surface area contributed by atoms with Crippen LogP contribution in [0.5, 0.6) is 17.2 Å². The van der Waals surface area contributed by atoms with Crippen molar-refractivity contribution < 1.29 is 33.0 Å². The van der Waals surface area contributed by atoms with Crippen LogP contribution in [0.4, 0.5) is 14.9 Å². The number of barbiturate groups is 1. The molecule has 3 aromatic carbocycles. The fraction of sp³-hybridized carbons (Fsp3) is 0.194. The molecule has 1 heterocycles. The van der Waals surface area contributed by atoms with Crippen LogP contribution in [0.3, 0.4) is 0 Å². The van der Waals surface area contributed by atoms with Gasteiger partial charge in [-0.1, -0.05) is 18.2 Å². The van der Waals surface area contributed by atoms with E-state index in [0.717, 1.165) is 4.90 Å². The van der Waals surface area contributed by atoms with Crippen LogP contribution in [0.15, 0.2) is 78.9 Å². The van der Waals surface area contributed by atoms with Gasteiger partial charge in [0.05, 0.1) is 18.9 Å². The number of ether oxygens (including phenoxy) is 3. The first-order valence-electron chi connectivity index (χ1n) is 12.8. The summed E-state index contributed by atoms with van der Waals surface area (Å²) < 4.78 is 31.0. The number of nitrogens with zero attached hydrogens (tertiary/aromatic N) is 1. The first kappa shape index (κ1) is 28.1. The number of hydrogen-bond donors (Lipinski definition) is 1. The summed E-state index contributed by atoms with van der Waals surface area (Å²) in [5, 5.41) is 2.23. The maximum atomic E-state index is 13.7. The molecule has 1 aliphatic rings. The summed E-state index contributed by atoms with van der Waals surface area (Å²) in [6.07, 6.45) is 3.48. The van der Waals surface area contributed by atoms with Gasteiger partial charge in [-0.15, -0.1) is 6.58 Å². The Bertz CT molecular complexity index is 1470. The monoisotopic (exact) mass is 544 g/mol. The number of amides is 4. The summed E-state index contributed by atoms with van der Waals surface area (Å²) in [7, 11) is 0. The Morgan fingerprint density at radius 3 is 2.38 bits per heavy atom. The number of hydrogen-bond acceptors (Lipinski definition) is 6. The van der Waals surface area contributed by atoms with E-state index in [4.69, 9.17) is 14.2 Å². The van der Waals surface area contributed by atoms with Crippen LogP contribution in [0.25, 0.3) is 6.08 Å². The van der Waals surface area contributed by atoms with Gasteiger partial charge in [-0.2, -0.15) is 0 Å². The van der Waals surface area contributed by atoms with Crippen molar-refractivity contribution in [1.82, 2.24) is 5.32 Å². The van der Waals surface area contributed by atoms with E-state index in [0.29, 0.717) is 53.6 Å². The minimum absolute atomic E-state index is 0.0997. The van der Waals surface area contributed by atoms with Gasteiger partial charge in [0.2, 0.25) is 0 Å². The molecule has 0 unspecified atom stereocenters. The number of anilines is 1. The third kappa shape index (κ3) is 6.37. The molecular weight excluding hydrogens is 515 g/mol. The average molecular weight is 545 g/mol. The zero-order valence-corrected chi connectivity index (χ0v) is 22.2. The van der Waals surface area contributed by atoms with Crippen molar-refractivity contribution in [2.24, 2.45) is 0 Å². The maximum Gasteiger partial charge on any atom is 0.335 e. The predicted octanol–water partition coefficient (Wildman–Crippen LogP) is 5.60. The number of carbonyl (C=O) groups excluding carboxylic acids is 3. The minimum Gasteiger partial charge on any atom is -0.494 e. The molecule has 40 heavy (non-hydrogen) atoms. The molecule has 8 nitrogen and oxygen atoms in total. The lowest BCUT2D eigenvalue weighted by Crippen LogP contribution is -2.54. The molecule has 0 saturated carbocycles. The van der Waals surface area contributed by atoms with E-state index in [2.05, 4.69) is 11.9 Å². The van der Waals surface area contributed by atoms with Gasteiger partial charge >= 0.3 is 6.03 Å². The molecular formula is C31H29FN2O6. The van der Waals surface area contributed by atoms with Gasteiger partial charge in [-0.3, -0.25) is 14.9 Å². The molecule has 4 rings (SSSR count). The Morgan fingerprint density at radius 1 is 0.950 bits per heavy atom. The number of benzene rings is 3. The minimum atomic E-state index is -0.847. The van der Waals surface area contributed by atoms with E-state index in [1.54, 1.807) is 54.6 Å². The summed E-state index contributed by atoms with van der Waals surface area (Å²) in [6, 6.07) is 15.0. The summed E-state index contributed by atoms with van der Waals surface area (Å²) in [5.74, 6) is -0.542. The standard InChI is InChI=1S/C31H29FN2O6/c1-4-8-22-15-21(18-27(39-6-3)28(22)40-19-20-9-7-10-23(32)16-20)17-26-29(35)33-31(37)34(30(26)36)24-11-13-25(14-12-24)38-5-2/h4,7,9-18H,1,5-6,8,19H2,2-3H3,(H,33,35,37)/b26-17+. The second-order valence-electron chi connectivity index (χ2n) is 8.74. The highest BCUT2D eigenvalue weighted by molar-refractivity contribution is 6.39. The summed E-state index contributed by atoms with van der Waals surface area (Å²) in [4.78, 5) is 39.6. The maximum absolute atomic E-state index is 13.7. The van der Waals surface area contributed by atoms with E-state index in [-0.39, 0.29) is 23.7 Å². The summed E-state index contributed by atoms with van der Waals surface area (Å²) >= 11 is 0. The topological polar surface area (TPSA) is 94.2 Å². The van der Waals surface area contributed by atoms with E-state index in [9.17, 15) is 18.8 Å². The Balaban J connectivity index is 1.69. The number of carbonyl (C=O) groups is 3. The zero-order chi connectivity index (χ0) is 28.6. The molecule has 0 radical (unpaired) electrons. The van der Waals surface area contributed by atoms with Crippen LogP contribution >= 0.6 is 0 Å². The molecule has 0 aromatic heterocycles. The van der Waals surface area contributed by atoms with Crippen LogP contribution in [-0.2, 0) is 22.6 Å². The van der Waals surface area contributed by atoms with Crippen molar-refractivity contribution in [3.63, 3.8) is 0 Å². The number of imide groups is 2. The smallest absolute Gasteiger partial charge is 0.335 e. The SMILES string of the molecule is C=CCc1cc(/C=C2\C(=O)NC(=O)N(c3ccc(OCC)cc3)C2=O)cc(OCC)c1OCc1cccc(F)c1. The summed E-state index contributed by atoms with van der Waals surface area (Å²) in [5.41, 5.74) is 1.87. The van der Waals surface area contributed by atoms with Gasteiger partial charge in [-0.25, -0.2) is 14.1 Å². The van der Waals surface area contributed by atoms with Crippen molar-refractivity contribution in [3.05, 3.63) is 101 Å². The Labute approximate surface area is 231 Å². The molecule has 1 saturated heterocycles. The van der Waals surface area contributed by atoms with Crippen LogP contribution in [0, 0.1) is 5.82 Å². The van der Waals surface area contributed by atoms with Gasteiger partial charge < -0.3 is 14.2 Å². The molecule has 4 amide bonds. The van der Waals surface area contributed by atoms with Gasteiger partial charge in [0.25, 0.3) is 11.8 Å². The number of allylic oxidation sites excluding steroid dienone is 1. The van der Waals surface area contributed by atoms with E-state index < -0.39 is 17.8 Å². The second-order valence-corrected chi connectivity index (χ2v) is 8.74. The van der Waals surface area contributed by atoms with Crippen LogP contribution in [0.1, 0.15) is 30.5 Å². The molecule has 1 aliphatic heterocycles. The zero-order valence-electron chi connectivity index (χ0n) is 22.2. The van der Waals surface area contributed by atoms with Gasteiger partial charge in [-0.05, 0) is 86.0 Å². The van der Waals surface area contributed by atoms with Crippen LogP contribution in [-0.4, -0.2) is 31.1 Å². The van der Waals surface area contributed by atoms with E-state index in [1.807, 2.05) is 13.8 Å².